The first-order chi connectivity index (χ1) is 8.74. The van der Waals surface area contributed by atoms with E-state index in [0.717, 1.165) is 10.6 Å². The number of aromatic nitrogens is 1. The predicted molar refractivity (Wildman–Crippen MR) is 67.1 cm³/mol. The van der Waals surface area contributed by atoms with Gasteiger partial charge in [-0.15, -0.1) is 11.3 Å². The summed E-state index contributed by atoms with van der Waals surface area (Å²) in [5, 5.41) is 0. The molecule has 0 N–H and O–H groups in total. The molecule has 1 aromatic heterocycles. The molecule has 0 fully saturated rings. The predicted octanol–water partition coefficient (Wildman–Crippen LogP) is 2.90. The van der Waals surface area contributed by atoms with Crippen molar-refractivity contribution in [1.29, 1.82) is 0 Å². The Balaban J connectivity index is 2.40. The molecule has 0 saturated heterocycles. The molecule has 2 rings (SSSR count). The number of rotatable bonds is 5. The van der Waals surface area contributed by atoms with Crippen LogP contribution < -0.4 is 0 Å². The molecule has 1 heterocycles. The molecule has 1 atom stereocenters. The third kappa shape index (κ3) is 2.56. The van der Waals surface area contributed by atoms with Crippen LogP contribution in [0.4, 0.5) is 4.39 Å². The molecule has 1 aromatic carbocycles. The van der Waals surface area contributed by atoms with Crippen molar-refractivity contribution < 1.29 is 13.9 Å². The maximum atomic E-state index is 13.8. The molecule has 0 aliphatic carbocycles. The van der Waals surface area contributed by atoms with Gasteiger partial charge in [0.05, 0.1) is 17.1 Å². The van der Waals surface area contributed by atoms with Crippen molar-refractivity contribution in [2.75, 3.05) is 6.61 Å². The molecular formula is C13H12FNO2S. The Morgan fingerprint density at radius 2 is 2.28 bits per heavy atom. The minimum Gasteiger partial charge on any atom is -0.467 e. The summed E-state index contributed by atoms with van der Waals surface area (Å²) >= 11 is 1.44. The van der Waals surface area contributed by atoms with Crippen molar-refractivity contribution in [3.8, 4) is 0 Å². The van der Waals surface area contributed by atoms with Crippen molar-refractivity contribution >= 4 is 17.8 Å². The molecule has 1 unspecified atom stereocenters. The minimum absolute atomic E-state index is 0.119. The number of halogens is 1. The van der Waals surface area contributed by atoms with Gasteiger partial charge < -0.3 is 4.74 Å². The van der Waals surface area contributed by atoms with Crippen LogP contribution in [0.1, 0.15) is 22.1 Å². The average molecular weight is 265 g/mol. The van der Waals surface area contributed by atoms with Crippen LogP contribution in [0.15, 0.2) is 29.8 Å². The highest BCUT2D eigenvalue weighted by molar-refractivity contribution is 7.09. The normalized spacial score (nSPS) is 12.1. The highest BCUT2D eigenvalue weighted by Crippen LogP contribution is 2.31. The fraction of sp³-hybridized carbons (Fsp3) is 0.231. The molecule has 0 saturated carbocycles. The van der Waals surface area contributed by atoms with Gasteiger partial charge in [0.25, 0.3) is 6.47 Å². The van der Waals surface area contributed by atoms with E-state index in [2.05, 4.69) is 4.98 Å². The van der Waals surface area contributed by atoms with E-state index in [1.807, 2.05) is 6.92 Å². The molecule has 3 nitrogen and oxygen atoms in total. The lowest BCUT2D eigenvalue weighted by Crippen LogP contribution is -2.10. The van der Waals surface area contributed by atoms with Crippen molar-refractivity contribution in [2.45, 2.75) is 12.8 Å². The van der Waals surface area contributed by atoms with Gasteiger partial charge in [0.15, 0.2) is 0 Å². The number of ether oxygens (including phenoxy) is 1. The van der Waals surface area contributed by atoms with Gasteiger partial charge in [-0.1, -0.05) is 18.2 Å². The van der Waals surface area contributed by atoms with Gasteiger partial charge in [0.2, 0.25) is 0 Å². The number of carbonyl (C=O) groups excluding carboxylic acids is 1. The molecule has 2 aromatic rings. The minimum atomic E-state index is -0.302. The molecule has 0 amide bonds. The van der Waals surface area contributed by atoms with Crippen LogP contribution >= 0.6 is 11.3 Å². The molecule has 0 aliphatic heterocycles. The van der Waals surface area contributed by atoms with E-state index in [4.69, 9.17) is 4.74 Å². The summed E-state index contributed by atoms with van der Waals surface area (Å²) in [6, 6.07) is 6.51. The molecule has 18 heavy (non-hydrogen) atoms. The quantitative estimate of drug-likeness (QED) is 0.780. The molecule has 94 valence electrons. The zero-order chi connectivity index (χ0) is 13.0. The lowest BCUT2D eigenvalue weighted by Gasteiger charge is -2.16. The van der Waals surface area contributed by atoms with E-state index < -0.39 is 0 Å². The molecular weight excluding hydrogens is 253 g/mol. The van der Waals surface area contributed by atoms with Crippen LogP contribution in [0, 0.1) is 12.7 Å². The number of carbonyl (C=O) groups is 1. The van der Waals surface area contributed by atoms with Gasteiger partial charge in [-0.3, -0.25) is 4.79 Å². The molecule has 0 radical (unpaired) electrons. The monoisotopic (exact) mass is 265 g/mol. The first-order valence-electron chi connectivity index (χ1n) is 5.43. The number of hydrogen-bond donors (Lipinski definition) is 0. The van der Waals surface area contributed by atoms with Gasteiger partial charge in [0.1, 0.15) is 12.4 Å². The van der Waals surface area contributed by atoms with Gasteiger partial charge in [-0.25, -0.2) is 9.37 Å². The zero-order valence-corrected chi connectivity index (χ0v) is 10.6. The topological polar surface area (TPSA) is 39.2 Å². The second-order valence-electron chi connectivity index (χ2n) is 3.81. The fourth-order valence-corrected chi connectivity index (χ4v) is 2.75. The number of hydrogen-bond acceptors (Lipinski definition) is 4. The van der Waals surface area contributed by atoms with Gasteiger partial charge in [0, 0.05) is 4.88 Å². The van der Waals surface area contributed by atoms with Crippen LogP contribution in [0.2, 0.25) is 0 Å². The summed E-state index contributed by atoms with van der Waals surface area (Å²) in [7, 11) is 0. The zero-order valence-electron chi connectivity index (χ0n) is 9.80. The highest BCUT2D eigenvalue weighted by atomic mass is 32.1. The van der Waals surface area contributed by atoms with Crippen LogP contribution in [-0.4, -0.2) is 18.1 Å². The lowest BCUT2D eigenvalue weighted by molar-refractivity contribution is -0.128. The Kier molecular flexibility index (Phi) is 4.04. The van der Waals surface area contributed by atoms with E-state index >= 15 is 0 Å². The largest absolute Gasteiger partial charge is 0.467 e. The van der Waals surface area contributed by atoms with E-state index in [0.29, 0.717) is 12.0 Å². The standard InChI is InChI=1S/C13H12FNO2S/c1-9-13(18-7-15-9)11(6-17-8-16)10-4-2-3-5-12(10)14/h2-5,7-8,11H,6H2,1H3. The summed E-state index contributed by atoms with van der Waals surface area (Å²) in [5.74, 6) is -0.603. The average Bonchev–Trinajstić information content (AvgIpc) is 2.78. The molecule has 0 bridgehead atoms. The Bertz CT molecular complexity index is 541. The summed E-state index contributed by atoms with van der Waals surface area (Å²) in [6.07, 6.45) is 0. The Hall–Kier alpha value is -1.75. The maximum absolute atomic E-state index is 13.8. The Labute approximate surface area is 108 Å². The van der Waals surface area contributed by atoms with Crippen molar-refractivity contribution in [3.63, 3.8) is 0 Å². The van der Waals surface area contributed by atoms with Crippen LogP contribution in [0.3, 0.4) is 0 Å². The van der Waals surface area contributed by atoms with Gasteiger partial charge in [-0.2, -0.15) is 0 Å². The lowest BCUT2D eigenvalue weighted by atomic mass is 9.97. The van der Waals surface area contributed by atoms with Crippen LogP contribution in [0.5, 0.6) is 0 Å². The molecule has 0 aliphatic rings. The summed E-state index contributed by atoms with van der Waals surface area (Å²) in [4.78, 5) is 15.4. The maximum Gasteiger partial charge on any atom is 0.293 e. The van der Waals surface area contributed by atoms with Crippen molar-refractivity contribution in [3.05, 3.63) is 51.7 Å². The number of benzene rings is 1. The number of nitrogens with zero attached hydrogens (tertiary/aromatic N) is 1. The number of thiazole rings is 1. The SMILES string of the molecule is Cc1ncsc1C(COC=O)c1ccccc1F. The molecule has 5 heteroatoms. The Morgan fingerprint density at radius 1 is 1.50 bits per heavy atom. The third-order valence-corrected chi connectivity index (χ3v) is 3.76. The first-order valence-corrected chi connectivity index (χ1v) is 6.31. The first kappa shape index (κ1) is 12.7. The summed E-state index contributed by atoms with van der Waals surface area (Å²) in [6.45, 7) is 2.36. The second-order valence-corrected chi connectivity index (χ2v) is 4.69. The van der Waals surface area contributed by atoms with E-state index in [-0.39, 0.29) is 18.3 Å². The molecule has 0 spiro atoms. The van der Waals surface area contributed by atoms with Crippen molar-refractivity contribution in [2.24, 2.45) is 0 Å². The van der Waals surface area contributed by atoms with Gasteiger partial charge >= 0.3 is 0 Å². The summed E-state index contributed by atoms with van der Waals surface area (Å²) in [5.41, 5.74) is 3.06. The van der Waals surface area contributed by atoms with E-state index in [9.17, 15) is 9.18 Å². The number of aryl methyl sites for hydroxylation is 1. The van der Waals surface area contributed by atoms with Crippen molar-refractivity contribution in [1.82, 2.24) is 4.98 Å². The fourth-order valence-electron chi connectivity index (χ4n) is 1.85. The Morgan fingerprint density at radius 3 is 2.89 bits per heavy atom. The second kappa shape index (κ2) is 5.73. The third-order valence-electron chi connectivity index (χ3n) is 2.71. The van der Waals surface area contributed by atoms with Crippen LogP contribution in [0.25, 0.3) is 0 Å². The van der Waals surface area contributed by atoms with Crippen LogP contribution in [-0.2, 0) is 9.53 Å². The smallest absolute Gasteiger partial charge is 0.293 e. The highest BCUT2D eigenvalue weighted by Gasteiger charge is 2.21. The summed E-state index contributed by atoms with van der Waals surface area (Å²) < 4.78 is 18.6. The van der Waals surface area contributed by atoms with E-state index in [1.165, 1.54) is 17.4 Å². The van der Waals surface area contributed by atoms with E-state index in [1.54, 1.807) is 23.7 Å². The van der Waals surface area contributed by atoms with Gasteiger partial charge in [-0.05, 0) is 18.6 Å².